The van der Waals surface area contributed by atoms with Gasteiger partial charge in [0.15, 0.2) is 24.0 Å². The molecule has 1 aliphatic heterocycles. The molecular weight excluding hydrogens is 482 g/mol. The van der Waals surface area contributed by atoms with Crippen LogP contribution in [0.4, 0.5) is 10.7 Å². The molecule has 12 heteroatoms. The Kier molecular flexibility index (Phi) is 9.14. The van der Waals surface area contributed by atoms with Crippen LogP contribution in [0.3, 0.4) is 0 Å². The smallest absolute Gasteiger partial charge is 0.337 e. The van der Waals surface area contributed by atoms with Crippen LogP contribution in [0.1, 0.15) is 38.1 Å². The zero-order valence-corrected chi connectivity index (χ0v) is 21.4. The number of methoxy groups -OCH3 is 2. The number of hydrogen-bond acceptors (Lipinski definition) is 9. The first kappa shape index (κ1) is 27.1. The van der Waals surface area contributed by atoms with E-state index in [1.807, 2.05) is 19.9 Å². The molecule has 0 aliphatic carbocycles. The van der Waals surface area contributed by atoms with Gasteiger partial charge >= 0.3 is 12.0 Å². The van der Waals surface area contributed by atoms with E-state index in [-0.39, 0.29) is 12.2 Å². The number of hydrogen-bond donors (Lipinski definition) is 3. The Hall–Kier alpha value is -4.48. The van der Waals surface area contributed by atoms with Crippen molar-refractivity contribution in [2.45, 2.75) is 26.8 Å². The quantitative estimate of drug-likeness (QED) is 0.236. The molecule has 1 aromatic heterocycles. The van der Waals surface area contributed by atoms with Gasteiger partial charge < -0.3 is 34.2 Å². The fourth-order valence-electron chi connectivity index (χ4n) is 3.77. The molecule has 1 aliphatic rings. The Morgan fingerprint density at radius 2 is 1.92 bits per heavy atom. The van der Waals surface area contributed by atoms with Gasteiger partial charge in [-0.25, -0.2) is 15.0 Å². The van der Waals surface area contributed by atoms with Gasteiger partial charge in [-0.05, 0) is 44.5 Å². The topological polar surface area (TPSA) is 144 Å². The van der Waals surface area contributed by atoms with Gasteiger partial charge in [-0.15, -0.1) is 0 Å². The average molecular weight is 514 g/mol. The number of amides is 3. The number of benzene rings is 1. The van der Waals surface area contributed by atoms with Crippen LogP contribution in [0.2, 0.25) is 0 Å². The van der Waals surface area contributed by atoms with E-state index in [9.17, 15) is 14.4 Å². The maximum absolute atomic E-state index is 12.3. The number of ether oxygens (including phenoxy) is 3. The van der Waals surface area contributed by atoms with Crippen molar-refractivity contribution in [1.29, 1.82) is 0 Å². The van der Waals surface area contributed by atoms with Crippen LogP contribution in [0, 0.1) is 0 Å². The van der Waals surface area contributed by atoms with Crippen LogP contribution in [0.25, 0.3) is 0 Å². The van der Waals surface area contributed by atoms with Gasteiger partial charge in [0, 0.05) is 24.9 Å². The second-order valence-electron chi connectivity index (χ2n) is 7.90. The Bertz CT molecular complexity index is 1200. The number of carbonyl (C=O) groups is 3. The number of urea groups is 1. The lowest BCUT2D eigenvalue weighted by Crippen LogP contribution is -2.45. The molecule has 0 spiro atoms. The average Bonchev–Trinajstić information content (AvgIpc) is 3.35. The molecule has 3 N–H and O–H groups in total. The maximum Gasteiger partial charge on any atom is 0.337 e. The van der Waals surface area contributed by atoms with E-state index in [1.54, 1.807) is 31.2 Å². The number of esters is 1. The molecule has 37 heavy (non-hydrogen) atoms. The summed E-state index contributed by atoms with van der Waals surface area (Å²) in [5.74, 6) is 0.760. The summed E-state index contributed by atoms with van der Waals surface area (Å²) in [5.41, 5.74) is 3.59. The summed E-state index contributed by atoms with van der Waals surface area (Å²) >= 11 is 0. The van der Waals surface area contributed by atoms with Gasteiger partial charge in [-0.2, -0.15) is 5.10 Å². The van der Waals surface area contributed by atoms with Crippen LogP contribution in [-0.2, 0) is 14.3 Å². The summed E-state index contributed by atoms with van der Waals surface area (Å²) in [5, 5.41) is 9.17. The number of rotatable bonds is 11. The number of hydrazone groups is 1. The summed E-state index contributed by atoms with van der Waals surface area (Å²) in [6.45, 7) is 6.98. The SMILES string of the molecule is CCN(CC)c1ccc(/C=N\NC(=O)COc2ccc([C@@H]3NC(=O)NC(C)=C3C(=O)OC)cc2OC)o1. The van der Waals surface area contributed by atoms with Crippen LogP contribution in [-0.4, -0.2) is 58.0 Å². The summed E-state index contributed by atoms with van der Waals surface area (Å²) in [6, 6.07) is 7.25. The third-order valence-corrected chi connectivity index (χ3v) is 5.62. The third kappa shape index (κ3) is 6.60. The van der Waals surface area contributed by atoms with Gasteiger partial charge in [0.1, 0.15) is 5.76 Å². The predicted octanol–water partition coefficient (Wildman–Crippen LogP) is 2.46. The van der Waals surface area contributed by atoms with Crippen molar-refractivity contribution in [1.82, 2.24) is 16.1 Å². The van der Waals surface area contributed by atoms with Crippen LogP contribution >= 0.6 is 0 Å². The lowest BCUT2D eigenvalue weighted by molar-refractivity contribution is -0.136. The summed E-state index contributed by atoms with van der Waals surface area (Å²) in [7, 11) is 2.70. The number of anilines is 1. The Morgan fingerprint density at radius 3 is 2.59 bits per heavy atom. The number of furan rings is 1. The Labute approximate surface area is 214 Å². The molecule has 0 bridgehead atoms. The minimum atomic E-state index is -0.759. The molecule has 0 saturated heterocycles. The highest BCUT2D eigenvalue weighted by Gasteiger charge is 2.32. The molecular formula is C25H31N5O7. The zero-order valence-electron chi connectivity index (χ0n) is 21.4. The molecule has 2 aromatic rings. The van der Waals surface area contributed by atoms with Crippen molar-refractivity contribution in [2.24, 2.45) is 5.10 Å². The highest BCUT2D eigenvalue weighted by molar-refractivity contribution is 5.95. The molecule has 3 rings (SSSR count). The maximum atomic E-state index is 12.3. The molecule has 1 atom stereocenters. The van der Waals surface area contributed by atoms with Gasteiger partial charge in [-0.3, -0.25) is 4.79 Å². The van der Waals surface area contributed by atoms with E-state index in [0.717, 1.165) is 19.0 Å². The second kappa shape index (κ2) is 12.5. The van der Waals surface area contributed by atoms with Crippen molar-refractivity contribution in [3.8, 4) is 11.5 Å². The number of allylic oxidation sites excluding steroid dienone is 1. The highest BCUT2D eigenvalue weighted by atomic mass is 16.5. The van der Waals surface area contributed by atoms with Gasteiger partial charge in [0.2, 0.25) is 0 Å². The summed E-state index contributed by atoms with van der Waals surface area (Å²) in [4.78, 5) is 38.6. The third-order valence-electron chi connectivity index (χ3n) is 5.62. The lowest BCUT2D eigenvalue weighted by Gasteiger charge is -2.28. The van der Waals surface area contributed by atoms with Crippen molar-refractivity contribution in [2.75, 3.05) is 38.8 Å². The lowest BCUT2D eigenvalue weighted by atomic mass is 9.95. The molecule has 0 saturated carbocycles. The fraction of sp³-hybridized carbons (Fsp3) is 0.360. The Morgan fingerprint density at radius 1 is 1.16 bits per heavy atom. The molecule has 0 radical (unpaired) electrons. The number of nitrogens with zero attached hydrogens (tertiary/aromatic N) is 2. The standard InChI is InChI=1S/C25H31N5O7/c1-6-30(7-2)21-11-9-17(37-21)13-26-29-20(31)14-36-18-10-8-16(12-19(18)34-4)23-22(24(32)35-5)15(3)27-25(33)28-23/h8-13,23H,6-7,14H2,1-5H3,(H,29,31)(H2,27,28,33)/b26-13-/t23-/m0/s1. The van der Waals surface area contributed by atoms with E-state index in [2.05, 4.69) is 26.1 Å². The van der Waals surface area contributed by atoms with Crippen LogP contribution in [0.15, 0.2) is 51.1 Å². The molecule has 0 unspecified atom stereocenters. The fourth-order valence-corrected chi connectivity index (χ4v) is 3.77. The van der Waals surface area contributed by atoms with Crippen molar-refractivity contribution >= 4 is 30.0 Å². The van der Waals surface area contributed by atoms with E-state index < -0.39 is 23.9 Å². The molecule has 2 heterocycles. The first-order valence-electron chi connectivity index (χ1n) is 11.6. The normalized spacial score (nSPS) is 15.2. The first-order valence-corrected chi connectivity index (χ1v) is 11.6. The van der Waals surface area contributed by atoms with Crippen molar-refractivity contribution < 1.29 is 33.0 Å². The predicted molar refractivity (Wildman–Crippen MR) is 136 cm³/mol. The Balaban J connectivity index is 1.64. The van der Waals surface area contributed by atoms with E-state index in [0.29, 0.717) is 28.5 Å². The number of carbonyl (C=O) groups excluding carboxylic acids is 3. The van der Waals surface area contributed by atoms with Crippen LogP contribution in [0.5, 0.6) is 11.5 Å². The molecule has 12 nitrogen and oxygen atoms in total. The number of nitrogens with one attached hydrogen (secondary N) is 3. The second-order valence-corrected chi connectivity index (χ2v) is 7.90. The minimum absolute atomic E-state index is 0.260. The van der Waals surface area contributed by atoms with Gasteiger partial charge in [-0.1, -0.05) is 6.07 Å². The summed E-state index contributed by atoms with van der Waals surface area (Å²) in [6.07, 6.45) is 1.40. The summed E-state index contributed by atoms with van der Waals surface area (Å²) < 4.78 is 21.5. The molecule has 198 valence electrons. The van der Waals surface area contributed by atoms with Crippen molar-refractivity contribution in [3.05, 3.63) is 52.9 Å². The van der Waals surface area contributed by atoms with E-state index >= 15 is 0 Å². The molecule has 3 amide bonds. The van der Waals surface area contributed by atoms with E-state index in [4.69, 9.17) is 18.6 Å². The van der Waals surface area contributed by atoms with Gasteiger partial charge in [0.25, 0.3) is 5.91 Å². The highest BCUT2D eigenvalue weighted by Crippen LogP contribution is 2.34. The largest absolute Gasteiger partial charge is 0.493 e. The van der Waals surface area contributed by atoms with E-state index in [1.165, 1.54) is 20.4 Å². The molecule has 0 fully saturated rings. The van der Waals surface area contributed by atoms with Gasteiger partial charge in [0.05, 0.1) is 32.0 Å². The minimum Gasteiger partial charge on any atom is -0.493 e. The zero-order chi connectivity index (χ0) is 26.9. The van der Waals surface area contributed by atoms with Crippen LogP contribution < -0.4 is 30.4 Å². The molecule has 1 aromatic carbocycles. The first-order chi connectivity index (χ1) is 17.8. The van der Waals surface area contributed by atoms with Crippen molar-refractivity contribution in [3.63, 3.8) is 0 Å². The monoisotopic (exact) mass is 513 g/mol.